The first-order valence-corrected chi connectivity index (χ1v) is 7.97. The van der Waals surface area contributed by atoms with Gasteiger partial charge in [-0.2, -0.15) is 0 Å². The van der Waals surface area contributed by atoms with Crippen molar-refractivity contribution in [3.8, 4) is 0 Å². The highest BCUT2D eigenvalue weighted by molar-refractivity contribution is 14.1. The van der Waals surface area contributed by atoms with Crippen molar-refractivity contribution in [3.05, 3.63) is 15.1 Å². The second kappa shape index (κ2) is 6.17. The third kappa shape index (κ3) is 2.95. The Morgan fingerprint density at radius 2 is 1.89 bits per heavy atom. The zero-order valence-corrected chi connectivity index (χ0v) is 13.6. The van der Waals surface area contributed by atoms with Crippen LogP contribution in [0.5, 0.6) is 0 Å². The summed E-state index contributed by atoms with van der Waals surface area (Å²) in [5.41, 5.74) is 1.18. The Kier molecular flexibility index (Phi) is 4.81. The molecule has 1 N–H and O–H groups in total. The summed E-state index contributed by atoms with van der Waals surface area (Å²) in [6.07, 6.45) is 6.10. The summed E-state index contributed by atoms with van der Waals surface area (Å²) in [7, 11) is 1.94. The van der Waals surface area contributed by atoms with E-state index >= 15 is 0 Å². The summed E-state index contributed by atoms with van der Waals surface area (Å²) in [5, 5.41) is 3.20. The van der Waals surface area contributed by atoms with Gasteiger partial charge in [-0.05, 0) is 47.8 Å². The first kappa shape index (κ1) is 14.0. The van der Waals surface area contributed by atoms with E-state index in [1.807, 2.05) is 7.05 Å². The van der Waals surface area contributed by atoms with Crippen molar-refractivity contribution in [3.63, 3.8) is 0 Å². The molecule has 0 saturated heterocycles. The van der Waals surface area contributed by atoms with E-state index in [-0.39, 0.29) is 0 Å². The molecule has 100 valence electrons. The lowest BCUT2D eigenvalue weighted by Crippen LogP contribution is -2.16. The smallest absolute Gasteiger partial charge is 0.143 e. The summed E-state index contributed by atoms with van der Waals surface area (Å²) in [5.74, 6) is 3.50. The molecule has 1 aromatic rings. The maximum atomic E-state index is 4.79. The number of hydrogen-bond acceptors (Lipinski definition) is 3. The summed E-state index contributed by atoms with van der Waals surface area (Å²) in [4.78, 5) is 9.51. The molecular weight excluding hydrogens is 337 g/mol. The Labute approximate surface area is 123 Å². The minimum absolute atomic E-state index is 0.565. The Morgan fingerprint density at radius 3 is 2.44 bits per heavy atom. The van der Waals surface area contributed by atoms with E-state index in [1.54, 1.807) is 0 Å². The first-order valence-electron chi connectivity index (χ1n) is 6.89. The third-order valence-corrected chi connectivity index (χ3v) is 5.02. The van der Waals surface area contributed by atoms with Gasteiger partial charge in [-0.1, -0.05) is 26.7 Å². The average molecular weight is 359 g/mol. The quantitative estimate of drug-likeness (QED) is 0.830. The molecule has 2 rings (SSSR count). The molecule has 0 amide bonds. The van der Waals surface area contributed by atoms with E-state index in [0.717, 1.165) is 24.0 Å². The van der Waals surface area contributed by atoms with Gasteiger partial charge >= 0.3 is 0 Å². The van der Waals surface area contributed by atoms with Gasteiger partial charge < -0.3 is 5.32 Å². The molecule has 1 fully saturated rings. The molecule has 1 aliphatic rings. The summed E-state index contributed by atoms with van der Waals surface area (Å²) in [6, 6.07) is 0. The summed E-state index contributed by atoms with van der Waals surface area (Å²) >= 11 is 2.34. The predicted octanol–water partition coefficient (Wildman–Crippen LogP) is 3.98. The van der Waals surface area contributed by atoms with Crippen LogP contribution in [0, 0.1) is 9.49 Å². The normalized spacial score (nSPS) is 24.0. The number of aromatic nitrogens is 2. The fourth-order valence-electron chi connectivity index (χ4n) is 2.61. The maximum absolute atomic E-state index is 4.79. The molecule has 3 nitrogen and oxygen atoms in total. The van der Waals surface area contributed by atoms with Gasteiger partial charge in [-0.3, -0.25) is 0 Å². The van der Waals surface area contributed by atoms with Gasteiger partial charge in [0.15, 0.2) is 0 Å². The highest BCUT2D eigenvalue weighted by Crippen LogP contribution is 2.35. The zero-order valence-electron chi connectivity index (χ0n) is 11.5. The summed E-state index contributed by atoms with van der Waals surface area (Å²) < 4.78 is 1.17. The molecule has 0 aliphatic heterocycles. The minimum Gasteiger partial charge on any atom is -0.372 e. The number of aryl methyl sites for hydroxylation is 1. The van der Waals surface area contributed by atoms with Crippen molar-refractivity contribution in [1.82, 2.24) is 9.97 Å². The van der Waals surface area contributed by atoms with Crippen LogP contribution in [-0.4, -0.2) is 17.0 Å². The zero-order chi connectivity index (χ0) is 13.1. The van der Waals surface area contributed by atoms with Crippen LogP contribution in [-0.2, 0) is 6.42 Å². The number of halogens is 1. The maximum Gasteiger partial charge on any atom is 0.143 e. The van der Waals surface area contributed by atoms with E-state index in [2.05, 4.69) is 41.8 Å². The standard InChI is InChI=1S/C14H22IN3/c1-4-11-12(15)14(16-3)18-13(17-11)10-7-5-9(2)6-8-10/h9-10H,4-8H2,1-3H3,(H,16,17,18). The van der Waals surface area contributed by atoms with Crippen LogP contribution in [0.1, 0.15) is 57.0 Å². The molecule has 4 heteroatoms. The van der Waals surface area contributed by atoms with Gasteiger partial charge in [0.2, 0.25) is 0 Å². The molecule has 0 unspecified atom stereocenters. The number of nitrogens with one attached hydrogen (secondary N) is 1. The Balaban J connectivity index is 2.27. The van der Waals surface area contributed by atoms with Crippen LogP contribution in [0.25, 0.3) is 0 Å². The number of anilines is 1. The van der Waals surface area contributed by atoms with Crippen molar-refractivity contribution in [2.45, 2.75) is 51.9 Å². The van der Waals surface area contributed by atoms with Crippen molar-refractivity contribution in [1.29, 1.82) is 0 Å². The SMILES string of the molecule is CCc1nc(C2CCC(C)CC2)nc(NC)c1I. The first-order chi connectivity index (χ1) is 8.65. The molecule has 0 spiro atoms. The molecule has 1 heterocycles. The van der Waals surface area contributed by atoms with E-state index < -0.39 is 0 Å². The lowest BCUT2D eigenvalue weighted by molar-refractivity contribution is 0.339. The minimum atomic E-state index is 0.565. The van der Waals surface area contributed by atoms with E-state index in [0.29, 0.717) is 5.92 Å². The van der Waals surface area contributed by atoms with Crippen molar-refractivity contribution in [2.24, 2.45) is 5.92 Å². The monoisotopic (exact) mass is 359 g/mol. The van der Waals surface area contributed by atoms with Crippen LogP contribution in [0.4, 0.5) is 5.82 Å². The van der Waals surface area contributed by atoms with E-state index in [1.165, 1.54) is 34.9 Å². The van der Waals surface area contributed by atoms with Crippen molar-refractivity contribution in [2.75, 3.05) is 12.4 Å². The number of rotatable bonds is 3. The largest absolute Gasteiger partial charge is 0.372 e. The molecule has 1 aromatic heterocycles. The van der Waals surface area contributed by atoms with Crippen molar-refractivity contribution >= 4 is 28.4 Å². The molecule has 1 saturated carbocycles. The van der Waals surface area contributed by atoms with Crippen LogP contribution < -0.4 is 5.32 Å². The Morgan fingerprint density at radius 1 is 1.22 bits per heavy atom. The van der Waals surface area contributed by atoms with Crippen LogP contribution in [0.15, 0.2) is 0 Å². The lowest BCUT2D eigenvalue weighted by atomic mass is 9.82. The van der Waals surface area contributed by atoms with Crippen molar-refractivity contribution < 1.29 is 0 Å². The van der Waals surface area contributed by atoms with Crippen LogP contribution in [0.2, 0.25) is 0 Å². The highest BCUT2D eigenvalue weighted by atomic mass is 127. The van der Waals surface area contributed by atoms with Gasteiger partial charge in [0, 0.05) is 13.0 Å². The highest BCUT2D eigenvalue weighted by Gasteiger charge is 2.23. The molecule has 0 bridgehead atoms. The third-order valence-electron chi connectivity index (χ3n) is 3.89. The van der Waals surface area contributed by atoms with Gasteiger partial charge in [-0.25, -0.2) is 9.97 Å². The van der Waals surface area contributed by atoms with E-state index in [4.69, 9.17) is 9.97 Å². The Hall–Kier alpha value is -0.390. The second-order valence-corrected chi connectivity index (χ2v) is 6.33. The molecule has 0 radical (unpaired) electrons. The molecule has 0 atom stereocenters. The molecular formula is C14H22IN3. The fourth-order valence-corrected chi connectivity index (χ4v) is 3.51. The van der Waals surface area contributed by atoms with Gasteiger partial charge in [0.1, 0.15) is 11.6 Å². The van der Waals surface area contributed by atoms with Gasteiger partial charge in [0.25, 0.3) is 0 Å². The fraction of sp³-hybridized carbons (Fsp3) is 0.714. The van der Waals surface area contributed by atoms with Gasteiger partial charge in [0.05, 0.1) is 9.26 Å². The second-order valence-electron chi connectivity index (χ2n) is 5.25. The van der Waals surface area contributed by atoms with Crippen LogP contribution in [0.3, 0.4) is 0 Å². The number of hydrogen-bond donors (Lipinski definition) is 1. The molecule has 1 aliphatic carbocycles. The van der Waals surface area contributed by atoms with Crippen LogP contribution >= 0.6 is 22.6 Å². The predicted molar refractivity (Wildman–Crippen MR) is 84.0 cm³/mol. The number of nitrogens with zero attached hydrogens (tertiary/aromatic N) is 2. The average Bonchev–Trinajstić information content (AvgIpc) is 2.40. The van der Waals surface area contributed by atoms with Gasteiger partial charge in [-0.15, -0.1) is 0 Å². The summed E-state index contributed by atoms with van der Waals surface area (Å²) in [6.45, 7) is 4.51. The van der Waals surface area contributed by atoms with E-state index in [9.17, 15) is 0 Å². The lowest BCUT2D eigenvalue weighted by Gasteiger charge is -2.25. The molecule has 18 heavy (non-hydrogen) atoms. The Bertz CT molecular complexity index is 386. The topological polar surface area (TPSA) is 37.8 Å². The molecule has 0 aromatic carbocycles.